The van der Waals surface area contributed by atoms with E-state index in [9.17, 15) is 0 Å². The largest absolute Gasteiger partial charge is 0.362 e. The van der Waals surface area contributed by atoms with Crippen molar-refractivity contribution in [2.24, 2.45) is 0 Å². The van der Waals surface area contributed by atoms with E-state index in [2.05, 4.69) is 20.4 Å². The number of aromatic nitrogens is 4. The lowest BCUT2D eigenvalue weighted by atomic mass is 10.5. The van der Waals surface area contributed by atoms with Crippen molar-refractivity contribution in [2.75, 3.05) is 11.9 Å². The van der Waals surface area contributed by atoms with Crippen molar-refractivity contribution < 1.29 is 0 Å². The molecule has 6 nitrogen and oxygen atoms in total. The van der Waals surface area contributed by atoms with Crippen molar-refractivity contribution in [2.45, 2.75) is 13.5 Å². The van der Waals surface area contributed by atoms with Crippen LogP contribution in [0.4, 0.5) is 5.13 Å². The number of hydrogen-bond acceptors (Lipinski definition) is 6. The molecule has 16 heavy (non-hydrogen) atoms. The molecule has 1 N–H and O–H groups in total. The normalized spacial score (nSPS) is 10.0. The van der Waals surface area contributed by atoms with E-state index in [0.717, 1.165) is 16.6 Å². The lowest BCUT2D eigenvalue weighted by Crippen LogP contribution is -1.98. The lowest BCUT2D eigenvalue weighted by Gasteiger charge is -1.95. The first-order chi connectivity index (χ1) is 7.81. The topological polar surface area (TPSA) is 79.4 Å². The Labute approximate surface area is 96.6 Å². The summed E-state index contributed by atoms with van der Waals surface area (Å²) >= 11 is 1.58. The van der Waals surface area contributed by atoms with Crippen molar-refractivity contribution in [3.8, 4) is 6.07 Å². The second kappa shape index (κ2) is 4.72. The van der Waals surface area contributed by atoms with Gasteiger partial charge in [0.05, 0.1) is 6.54 Å². The highest BCUT2D eigenvalue weighted by Gasteiger charge is 2.04. The molecule has 0 unspecified atom stereocenters. The second-order valence-electron chi connectivity index (χ2n) is 3.04. The first-order valence-corrected chi connectivity index (χ1v) is 5.61. The molecule has 0 aliphatic carbocycles. The Morgan fingerprint density at radius 2 is 2.44 bits per heavy atom. The summed E-state index contributed by atoms with van der Waals surface area (Å²) < 4.78 is 1.63. The summed E-state index contributed by atoms with van der Waals surface area (Å²) in [5.41, 5.74) is 0. The number of hydrogen-bond donors (Lipinski definition) is 1. The molecule has 82 valence electrons. The predicted molar refractivity (Wildman–Crippen MR) is 60.1 cm³/mol. The molecule has 2 aromatic heterocycles. The van der Waals surface area contributed by atoms with Crippen LogP contribution in [0.3, 0.4) is 0 Å². The maximum absolute atomic E-state index is 8.58. The van der Waals surface area contributed by atoms with Gasteiger partial charge in [0.2, 0.25) is 0 Å². The first kappa shape index (κ1) is 10.6. The summed E-state index contributed by atoms with van der Waals surface area (Å²) in [6, 6.07) is 1.89. The second-order valence-corrected chi connectivity index (χ2v) is 4.15. The summed E-state index contributed by atoms with van der Waals surface area (Å²) in [5, 5.41) is 16.6. The van der Waals surface area contributed by atoms with Gasteiger partial charge in [-0.3, -0.25) is 0 Å². The minimum atomic E-state index is 0.191. The zero-order valence-electron chi connectivity index (χ0n) is 8.71. The molecule has 0 radical (unpaired) electrons. The first-order valence-electron chi connectivity index (χ1n) is 4.80. The molecule has 0 fully saturated rings. The van der Waals surface area contributed by atoms with Gasteiger partial charge in [0.1, 0.15) is 12.4 Å². The third-order valence-corrected chi connectivity index (χ3v) is 2.78. The Kier molecular flexibility index (Phi) is 3.12. The van der Waals surface area contributed by atoms with Gasteiger partial charge in [-0.25, -0.2) is 14.6 Å². The van der Waals surface area contributed by atoms with Crippen LogP contribution in [0.25, 0.3) is 0 Å². The molecule has 0 aliphatic heterocycles. The number of nitrogens with zero attached hydrogens (tertiary/aromatic N) is 5. The molecule has 0 saturated carbocycles. The highest BCUT2D eigenvalue weighted by Crippen LogP contribution is 2.18. The highest BCUT2D eigenvalue weighted by atomic mass is 32.1. The fourth-order valence-corrected chi connectivity index (χ4v) is 2.07. The van der Waals surface area contributed by atoms with Crippen molar-refractivity contribution in [1.82, 2.24) is 19.7 Å². The zero-order valence-corrected chi connectivity index (χ0v) is 9.53. The Bertz CT molecular complexity index is 508. The van der Waals surface area contributed by atoms with Gasteiger partial charge in [0.25, 0.3) is 5.82 Å². The van der Waals surface area contributed by atoms with E-state index in [1.807, 2.05) is 13.0 Å². The Morgan fingerprint density at radius 3 is 3.12 bits per heavy atom. The van der Waals surface area contributed by atoms with Gasteiger partial charge in [-0.2, -0.15) is 5.26 Å². The van der Waals surface area contributed by atoms with E-state index in [1.165, 1.54) is 0 Å². The fraction of sp³-hybridized carbons (Fsp3) is 0.333. The average Bonchev–Trinajstić information content (AvgIpc) is 2.89. The van der Waals surface area contributed by atoms with E-state index in [1.54, 1.807) is 28.5 Å². The molecule has 0 aromatic carbocycles. The zero-order chi connectivity index (χ0) is 11.4. The molecule has 2 aromatic rings. The quantitative estimate of drug-likeness (QED) is 0.856. The van der Waals surface area contributed by atoms with Gasteiger partial charge >= 0.3 is 0 Å². The number of nitrogens with one attached hydrogen (secondary N) is 1. The molecule has 0 aliphatic rings. The summed E-state index contributed by atoms with van der Waals surface area (Å²) in [6.07, 6.45) is 3.35. The van der Waals surface area contributed by atoms with Gasteiger partial charge in [-0.1, -0.05) is 0 Å². The highest BCUT2D eigenvalue weighted by molar-refractivity contribution is 7.15. The Hall–Kier alpha value is -1.94. The van der Waals surface area contributed by atoms with E-state index in [4.69, 9.17) is 5.26 Å². The van der Waals surface area contributed by atoms with Crippen molar-refractivity contribution >= 4 is 16.5 Å². The van der Waals surface area contributed by atoms with Crippen molar-refractivity contribution in [1.29, 1.82) is 5.26 Å². The number of thiazole rings is 1. The van der Waals surface area contributed by atoms with Gasteiger partial charge in [0.15, 0.2) is 5.13 Å². The molecule has 0 amide bonds. The molecule has 2 heterocycles. The molecule has 7 heteroatoms. The Morgan fingerprint density at radius 1 is 1.56 bits per heavy atom. The van der Waals surface area contributed by atoms with Gasteiger partial charge in [-0.15, -0.1) is 16.4 Å². The predicted octanol–water partition coefficient (Wildman–Crippen LogP) is 1.09. The van der Waals surface area contributed by atoms with Crippen LogP contribution in [-0.4, -0.2) is 26.3 Å². The average molecular weight is 234 g/mol. The summed E-state index contributed by atoms with van der Waals surface area (Å²) in [5.74, 6) is 0.191. The van der Waals surface area contributed by atoms with Crippen molar-refractivity contribution in [3.05, 3.63) is 23.2 Å². The summed E-state index contributed by atoms with van der Waals surface area (Å²) in [4.78, 5) is 9.12. The van der Waals surface area contributed by atoms with Crippen LogP contribution < -0.4 is 5.32 Å². The molecular formula is C9H10N6S. The van der Waals surface area contributed by atoms with E-state index < -0.39 is 0 Å². The molecular weight excluding hydrogens is 224 g/mol. The maximum Gasteiger partial charge on any atom is 0.252 e. The van der Waals surface area contributed by atoms with Gasteiger partial charge in [0, 0.05) is 17.6 Å². The minimum Gasteiger partial charge on any atom is -0.362 e. The summed E-state index contributed by atoms with van der Waals surface area (Å²) in [6.45, 7) is 3.48. The van der Waals surface area contributed by atoms with Crippen LogP contribution >= 0.6 is 11.3 Å². The maximum atomic E-state index is 8.58. The standard InChI is InChI=1S/C9H10N6S/c1-2-11-9-12-4-7(16-9)5-15-6-13-8(3-10)14-15/h4,6H,2,5H2,1H3,(H,11,12). The van der Waals surface area contributed by atoms with Crippen LogP contribution in [0.5, 0.6) is 0 Å². The SMILES string of the molecule is CCNc1ncc(Cn2cnc(C#N)n2)s1. The van der Waals surface area contributed by atoms with Crippen LogP contribution in [-0.2, 0) is 6.54 Å². The summed E-state index contributed by atoms with van der Waals surface area (Å²) in [7, 11) is 0. The van der Waals surface area contributed by atoms with Crippen LogP contribution in [0, 0.1) is 11.3 Å². The number of nitriles is 1. The third-order valence-electron chi connectivity index (χ3n) is 1.84. The lowest BCUT2D eigenvalue weighted by molar-refractivity contribution is 0.689. The van der Waals surface area contributed by atoms with E-state index in [0.29, 0.717) is 6.54 Å². The minimum absolute atomic E-state index is 0.191. The molecule has 0 bridgehead atoms. The van der Waals surface area contributed by atoms with Crippen LogP contribution in [0.1, 0.15) is 17.6 Å². The molecule has 0 atom stereocenters. The smallest absolute Gasteiger partial charge is 0.252 e. The number of rotatable bonds is 4. The van der Waals surface area contributed by atoms with Gasteiger partial charge in [-0.05, 0) is 6.92 Å². The van der Waals surface area contributed by atoms with Crippen molar-refractivity contribution in [3.63, 3.8) is 0 Å². The molecule has 0 spiro atoms. The molecule has 2 rings (SSSR count). The van der Waals surface area contributed by atoms with Gasteiger partial charge < -0.3 is 5.32 Å². The van der Waals surface area contributed by atoms with E-state index >= 15 is 0 Å². The van der Waals surface area contributed by atoms with Crippen LogP contribution in [0.15, 0.2) is 12.5 Å². The molecule has 0 saturated heterocycles. The van der Waals surface area contributed by atoms with Crippen LogP contribution in [0.2, 0.25) is 0 Å². The number of anilines is 1. The van der Waals surface area contributed by atoms with E-state index in [-0.39, 0.29) is 5.82 Å². The third kappa shape index (κ3) is 2.35. The Balaban J connectivity index is 2.05. The fourth-order valence-electron chi connectivity index (χ4n) is 1.20. The monoisotopic (exact) mass is 234 g/mol.